The Kier molecular flexibility index (Phi) is 6.49. The van der Waals surface area contributed by atoms with Crippen molar-refractivity contribution < 1.29 is 14.6 Å². The topological polar surface area (TPSA) is 45.2 Å². The minimum absolute atomic E-state index is 0.346. The number of rotatable bonds is 7. The van der Waals surface area contributed by atoms with Crippen LogP contribution in [-0.4, -0.2) is 79.6 Å². The van der Waals surface area contributed by atoms with Crippen LogP contribution < -0.4 is 4.74 Å². The van der Waals surface area contributed by atoms with Crippen molar-refractivity contribution in [2.75, 3.05) is 52.5 Å². The maximum absolute atomic E-state index is 10.2. The number of β-amino-alcohol motifs (C(OH)–C–C–N with tert-alkyl or cyclic N) is 1. The average molecular weight is 334 g/mol. The van der Waals surface area contributed by atoms with Crippen molar-refractivity contribution in [2.24, 2.45) is 0 Å². The van der Waals surface area contributed by atoms with Gasteiger partial charge in [0.15, 0.2) is 0 Å². The zero-order valence-corrected chi connectivity index (χ0v) is 14.7. The van der Waals surface area contributed by atoms with Gasteiger partial charge in [-0.05, 0) is 31.9 Å². The molecule has 1 N–H and O–H groups in total. The highest BCUT2D eigenvalue weighted by atomic mass is 16.5. The van der Waals surface area contributed by atoms with Gasteiger partial charge < -0.3 is 14.6 Å². The molecular formula is C19H30N2O3. The van der Waals surface area contributed by atoms with Crippen molar-refractivity contribution in [1.29, 1.82) is 0 Å². The monoisotopic (exact) mass is 334 g/mol. The Labute approximate surface area is 145 Å². The van der Waals surface area contributed by atoms with E-state index in [0.717, 1.165) is 45.1 Å². The third kappa shape index (κ3) is 5.45. The minimum Gasteiger partial charge on any atom is -0.491 e. The number of ether oxygens (including phenoxy) is 2. The van der Waals surface area contributed by atoms with Crippen molar-refractivity contribution in [1.82, 2.24) is 9.80 Å². The van der Waals surface area contributed by atoms with Crippen LogP contribution in [0.4, 0.5) is 0 Å². The number of aryl methyl sites for hydroxylation is 1. The number of piperazine rings is 1. The standard InChI is InChI=1S/C19H30N2O3/c1-16-4-6-18(7-5-16)24-15-17(22)13-20-8-10-21(11-9-20)14-19-3-2-12-23-19/h4-7,17,19,22H,2-3,8-15H2,1H3. The van der Waals surface area contributed by atoms with Crippen molar-refractivity contribution in [3.8, 4) is 5.75 Å². The van der Waals surface area contributed by atoms with Crippen LogP contribution in [-0.2, 0) is 4.74 Å². The molecule has 2 aliphatic rings. The molecule has 134 valence electrons. The third-order valence-corrected chi connectivity index (χ3v) is 4.88. The second kappa shape index (κ2) is 8.81. The molecule has 24 heavy (non-hydrogen) atoms. The molecule has 0 radical (unpaired) electrons. The molecule has 0 aromatic heterocycles. The van der Waals surface area contributed by atoms with Gasteiger partial charge in [0.1, 0.15) is 18.5 Å². The van der Waals surface area contributed by atoms with E-state index >= 15 is 0 Å². The highest BCUT2D eigenvalue weighted by Crippen LogP contribution is 2.15. The predicted molar refractivity (Wildman–Crippen MR) is 94.5 cm³/mol. The van der Waals surface area contributed by atoms with Gasteiger partial charge >= 0.3 is 0 Å². The van der Waals surface area contributed by atoms with Gasteiger partial charge in [-0.3, -0.25) is 9.80 Å². The number of aliphatic hydroxyl groups is 1. The molecule has 1 aromatic rings. The van der Waals surface area contributed by atoms with E-state index in [9.17, 15) is 5.11 Å². The first kappa shape index (κ1) is 17.7. The fraction of sp³-hybridized carbons (Fsp3) is 0.684. The first-order valence-electron chi connectivity index (χ1n) is 9.13. The van der Waals surface area contributed by atoms with Crippen molar-refractivity contribution in [2.45, 2.75) is 32.0 Å². The van der Waals surface area contributed by atoms with Crippen LogP contribution in [0.3, 0.4) is 0 Å². The van der Waals surface area contributed by atoms with E-state index in [0.29, 0.717) is 19.3 Å². The van der Waals surface area contributed by atoms with Crippen LogP contribution in [0.15, 0.2) is 24.3 Å². The molecule has 0 amide bonds. The molecule has 2 atom stereocenters. The summed E-state index contributed by atoms with van der Waals surface area (Å²) in [5, 5.41) is 10.2. The summed E-state index contributed by atoms with van der Waals surface area (Å²) in [6.45, 7) is 9.21. The molecular weight excluding hydrogens is 304 g/mol. The summed E-state index contributed by atoms with van der Waals surface area (Å²) in [6.07, 6.45) is 2.40. The fourth-order valence-electron chi connectivity index (χ4n) is 3.41. The van der Waals surface area contributed by atoms with Crippen LogP contribution in [0.25, 0.3) is 0 Å². The Bertz CT molecular complexity index is 480. The smallest absolute Gasteiger partial charge is 0.119 e. The highest BCUT2D eigenvalue weighted by Gasteiger charge is 2.23. The summed E-state index contributed by atoms with van der Waals surface area (Å²) in [6, 6.07) is 7.95. The van der Waals surface area contributed by atoms with E-state index in [1.54, 1.807) is 0 Å². The SMILES string of the molecule is Cc1ccc(OCC(O)CN2CCN(CC3CCCO3)CC2)cc1. The summed E-state index contributed by atoms with van der Waals surface area (Å²) in [5.41, 5.74) is 1.21. The van der Waals surface area contributed by atoms with Crippen LogP contribution >= 0.6 is 0 Å². The van der Waals surface area contributed by atoms with E-state index in [1.165, 1.54) is 18.4 Å². The maximum Gasteiger partial charge on any atom is 0.119 e. The van der Waals surface area contributed by atoms with Crippen LogP contribution in [0, 0.1) is 6.92 Å². The zero-order valence-electron chi connectivity index (χ0n) is 14.7. The molecule has 5 nitrogen and oxygen atoms in total. The normalized spacial score (nSPS) is 24.2. The molecule has 0 bridgehead atoms. The van der Waals surface area contributed by atoms with Gasteiger partial charge in [0.2, 0.25) is 0 Å². The number of hydrogen-bond acceptors (Lipinski definition) is 5. The van der Waals surface area contributed by atoms with Gasteiger partial charge in [-0.25, -0.2) is 0 Å². The molecule has 3 rings (SSSR count). The molecule has 2 saturated heterocycles. The number of aliphatic hydroxyl groups excluding tert-OH is 1. The Morgan fingerprint density at radius 3 is 2.54 bits per heavy atom. The van der Waals surface area contributed by atoms with Gasteiger partial charge in [-0.1, -0.05) is 17.7 Å². The van der Waals surface area contributed by atoms with E-state index in [1.807, 2.05) is 24.3 Å². The summed E-state index contributed by atoms with van der Waals surface area (Å²) in [7, 11) is 0. The Morgan fingerprint density at radius 1 is 1.17 bits per heavy atom. The van der Waals surface area contributed by atoms with E-state index < -0.39 is 6.10 Å². The Balaban J connectivity index is 1.32. The molecule has 2 aliphatic heterocycles. The predicted octanol–water partition coefficient (Wildman–Crippen LogP) is 1.53. The number of hydrogen-bond donors (Lipinski definition) is 1. The fourth-order valence-corrected chi connectivity index (χ4v) is 3.41. The van der Waals surface area contributed by atoms with E-state index in [-0.39, 0.29) is 0 Å². The quantitative estimate of drug-likeness (QED) is 0.819. The average Bonchev–Trinajstić information content (AvgIpc) is 3.09. The van der Waals surface area contributed by atoms with Crippen molar-refractivity contribution in [3.05, 3.63) is 29.8 Å². The first-order chi connectivity index (χ1) is 11.7. The lowest BCUT2D eigenvalue weighted by Gasteiger charge is -2.36. The van der Waals surface area contributed by atoms with Crippen LogP contribution in [0.5, 0.6) is 5.75 Å². The van der Waals surface area contributed by atoms with E-state index in [4.69, 9.17) is 9.47 Å². The summed E-state index contributed by atoms with van der Waals surface area (Å²) in [4.78, 5) is 4.82. The second-order valence-electron chi connectivity index (χ2n) is 7.01. The number of benzene rings is 1. The van der Waals surface area contributed by atoms with Crippen LogP contribution in [0.1, 0.15) is 18.4 Å². The second-order valence-corrected chi connectivity index (χ2v) is 7.01. The van der Waals surface area contributed by atoms with Gasteiger partial charge in [-0.15, -0.1) is 0 Å². The minimum atomic E-state index is -0.448. The van der Waals surface area contributed by atoms with Crippen LogP contribution in [0.2, 0.25) is 0 Å². The largest absolute Gasteiger partial charge is 0.491 e. The summed E-state index contributed by atoms with van der Waals surface area (Å²) < 4.78 is 11.4. The molecule has 1 aromatic carbocycles. The molecule has 0 aliphatic carbocycles. The molecule has 5 heteroatoms. The van der Waals surface area contributed by atoms with Gasteiger partial charge in [0.05, 0.1) is 6.10 Å². The lowest BCUT2D eigenvalue weighted by molar-refractivity contribution is 0.0263. The highest BCUT2D eigenvalue weighted by molar-refractivity contribution is 5.26. The third-order valence-electron chi connectivity index (χ3n) is 4.88. The summed E-state index contributed by atoms with van der Waals surface area (Å²) >= 11 is 0. The van der Waals surface area contributed by atoms with E-state index in [2.05, 4.69) is 16.7 Å². The first-order valence-corrected chi connectivity index (χ1v) is 9.13. The molecule has 2 unspecified atom stereocenters. The molecule has 2 heterocycles. The molecule has 2 fully saturated rings. The Morgan fingerprint density at radius 2 is 1.88 bits per heavy atom. The summed E-state index contributed by atoms with van der Waals surface area (Å²) in [5.74, 6) is 0.820. The van der Waals surface area contributed by atoms with Gasteiger partial charge in [-0.2, -0.15) is 0 Å². The zero-order chi connectivity index (χ0) is 16.8. The molecule has 0 spiro atoms. The lowest BCUT2D eigenvalue weighted by atomic mass is 10.2. The Hall–Kier alpha value is -1.14. The molecule has 0 saturated carbocycles. The van der Waals surface area contributed by atoms with Crippen molar-refractivity contribution >= 4 is 0 Å². The lowest BCUT2D eigenvalue weighted by Crippen LogP contribution is -2.50. The number of nitrogens with zero attached hydrogens (tertiary/aromatic N) is 2. The maximum atomic E-state index is 10.2. The van der Waals surface area contributed by atoms with Crippen molar-refractivity contribution in [3.63, 3.8) is 0 Å². The van der Waals surface area contributed by atoms with Gasteiger partial charge in [0, 0.05) is 45.9 Å². The van der Waals surface area contributed by atoms with Gasteiger partial charge in [0.25, 0.3) is 0 Å².